The molecule has 0 aromatic heterocycles. The van der Waals surface area contributed by atoms with Crippen molar-refractivity contribution in [3.8, 4) is 0 Å². The van der Waals surface area contributed by atoms with Crippen LogP contribution in [0, 0.1) is 0 Å². The van der Waals surface area contributed by atoms with Crippen LogP contribution in [0.4, 0.5) is 0 Å². The van der Waals surface area contributed by atoms with E-state index in [-0.39, 0.29) is -0.441 Å². The molecule has 2 N–H and O–H groups in total. The van der Waals surface area contributed by atoms with Gasteiger partial charge in [-0.1, -0.05) is 0 Å². The highest BCUT2D eigenvalue weighted by molar-refractivity contribution is 14.3. The molecule has 0 heterocycles. The molecule has 0 spiro atoms. The summed E-state index contributed by atoms with van der Waals surface area (Å²) < 4.78 is -0.0900. The molecule has 0 aliphatic carbocycles. The van der Waals surface area contributed by atoms with E-state index in [1.54, 1.807) is 0 Å². The average molecular weight is 409 g/mol. The Morgan fingerprint density at radius 3 is 1.20 bits per heavy atom. The topological polar surface area (TPSA) is 26.0 Å². The molecule has 0 aliphatic rings. The van der Waals surface area contributed by atoms with E-state index in [1.165, 1.54) is 0 Å². The number of hydrogen-bond acceptors (Lipinski definition) is 1. The van der Waals surface area contributed by atoms with Crippen molar-refractivity contribution in [2.24, 2.45) is 5.73 Å². The minimum absolute atomic E-state index is 0.0900. The number of hydrogen-bond donors (Lipinski definition) is 1. The van der Waals surface area contributed by atoms with Crippen molar-refractivity contribution in [3.63, 3.8) is 0 Å². The van der Waals surface area contributed by atoms with Crippen LogP contribution >= 0.6 is 67.8 Å². The van der Waals surface area contributed by atoms with Crippen LogP contribution < -0.4 is 5.73 Å². The second-order valence-corrected chi connectivity index (χ2v) is 11.8. The van der Waals surface area contributed by atoms with E-state index >= 15 is 0 Å². The summed E-state index contributed by atoms with van der Waals surface area (Å²) in [7, 11) is 0. The summed E-state index contributed by atoms with van der Waals surface area (Å²) in [4.78, 5) is 0. The first kappa shape index (κ1) is 7.15. The summed E-state index contributed by atoms with van der Waals surface area (Å²) >= 11 is 6.39. The van der Waals surface area contributed by atoms with Crippen LogP contribution in [0.1, 0.15) is 0 Å². The SMILES string of the molecule is NC(I)(I)I. The molecule has 0 aromatic rings. The second-order valence-electron chi connectivity index (χ2n) is 0.542. The van der Waals surface area contributed by atoms with Crippen LogP contribution in [-0.4, -0.2) is -0.441 Å². The van der Waals surface area contributed by atoms with Gasteiger partial charge < -0.3 is 5.73 Å². The normalized spacial score (nSPS) is 12.0. The van der Waals surface area contributed by atoms with Crippen LogP contribution in [0.25, 0.3) is 0 Å². The molecule has 0 amide bonds. The zero-order valence-corrected chi connectivity index (χ0v) is 8.68. The van der Waals surface area contributed by atoms with E-state index in [2.05, 4.69) is 67.8 Å². The van der Waals surface area contributed by atoms with Crippen LogP contribution in [0.3, 0.4) is 0 Å². The first-order valence-electron chi connectivity index (χ1n) is 0.856. The lowest BCUT2D eigenvalue weighted by Gasteiger charge is -1.97. The molecule has 0 rings (SSSR count). The van der Waals surface area contributed by atoms with Crippen molar-refractivity contribution in [2.45, 2.75) is -0.441 Å². The van der Waals surface area contributed by atoms with Gasteiger partial charge in [0.15, 0.2) is -0.441 Å². The van der Waals surface area contributed by atoms with Crippen molar-refractivity contribution in [3.05, 3.63) is 0 Å². The van der Waals surface area contributed by atoms with Crippen LogP contribution in [-0.2, 0) is 0 Å². The molecule has 0 unspecified atom stereocenters. The first-order chi connectivity index (χ1) is 2.00. The highest BCUT2D eigenvalue weighted by atomic mass is 127. The number of alkyl halides is 3. The smallest absolute Gasteiger partial charge is 0.171 e. The van der Waals surface area contributed by atoms with E-state index in [4.69, 9.17) is 5.73 Å². The van der Waals surface area contributed by atoms with Gasteiger partial charge in [0.1, 0.15) is 0 Å². The summed E-state index contributed by atoms with van der Waals surface area (Å²) in [6.07, 6.45) is 0. The summed E-state index contributed by atoms with van der Waals surface area (Å²) in [5.74, 6) is 0. The lowest BCUT2D eigenvalue weighted by molar-refractivity contribution is 1.37. The molecule has 0 fully saturated rings. The van der Waals surface area contributed by atoms with Gasteiger partial charge in [-0.2, -0.15) is 0 Å². The minimum atomic E-state index is -0.0900. The Kier molecular flexibility index (Phi) is 3.51. The zero-order chi connectivity index (χ0) is 4.50. The fourth-order valence-corrected chi connectivity index (χ4v) is 0. The van der Waals surface area contributed by atoms with Gasteiger partial charge in [-0.25, -0.2) is 0 Å². The van der Waals surface area contributed by atoms with E-state index in [0.29, 0.717) is 0 Å². The maximum atomic E-state index is 5.31. The molecule has 0 aromatic carbocycles. The van der Waals surface area contributed by atoms with Crippen molar-refractivity contribution in [1.29, 1.82) is 0 Å². The predicted octanol–water partition coefficient (Wildman–Crippen LogP) is 1.86. The van der Waals surface area contributed by atoms with Gasteiger partial charge in [0, 0.05) is 0 Å². The summed E-state index contributed by atoms with van der Waals surface area (Å²) in [5.41, 5.74) is 5.31. The largest absolute Gasteiger partial charge is 0.301 e. The highest BCUT2D eigenvalue weighted by Crippen LogP contribution is 2.27. The molecule has 32 valence electrons. The molecule has 4 heteroatoms. The van der Waals surface area contributed by atoms with Crippen LogP contribution in [0.15, 0.2) is 0 Å². The third-order valence-electron chi connectivity index (χ3n) is 0. The lowest BCUT2D eigenvalue weighted by Crippen LogP contribution is -2.11. The Labute approximate surface area is 71.9 Å². The van der Waals surface area contributed by atoms with E-state index in [0.717, 1.165) is 0 Å². The number of rotatable bonds is 0. The Balaban J connectivity index is 3.02. The third kappa shape index (κ3) is 22.9. The quantitative estimate of drug-likeness (QED) is 0.370. The standard InChI is InChI=1S/CH2I3N/c2-1(3,4)5/h5H2. The van der Waals surface area contributed by atoms with Crippen LogP contribution in [0.2, 0.25) is 0 Å². The predicted molar refractivity (Wildman–Crippen MR) is 49.0 cm³/mol. The molecule has 0 radical (unpaired) electrons. The summed E-state index contributed by atoms with van der Waals surface area (Å²) in [5, 5.41) is 0. The van der Waals surface area contributed by atoms with Gasteiger partial charge in [0.05, 0.1) is 0 Å². The Morgan fingerprint density at radius 2 is 1.20 bits per heavy atom. The third-order valence-corrected chi connectivity index (χ3v) is 0. The van der Waals surface area contributed by atoms with Crippen molar-refractivity contribution in [2.75, 3.05) is 0 Å². The summed E-state index contributed by atoms with van der Waals surface area (Å²) in [6, 6.07) is 0. The second kappa shape index (κ2) is 2.46. The van der Waals surface area contributed by atoms with E-state index < -0.39 is 0 Å². The van der Waals surface area contributed by atoms with Gasteiger partial charge in [-0.15, -0.1) is 0 Å². The molecule has 0 bridgehead atoms. The van der Waals surface area contributed by atoms with E-state index in [1.807, 2.05) is 0 Å². The molecule has 0 saturated heterocycles. The molecular weight excluding hydrogens is 407 g/mol. The zero-order valence-electron chi connectivity index (χ0n) is 2.21. The molecular formula is CH2I3N. The number of nitrogens with two attached hydrogens (primary N) is 1. The first-order valence-corrected chi connectivity index (χ1v) is 4.09. The molecule has 1 nitrogen and oxygen atoms in total. The van der Waals surface area contributed by atoms with Gasteiger partial charge in [0.25, 0.3) is 0 Å². The average Bonchev–Trinajstić information content (AvgIpc) is 0.722. The fraction of sp³-hybridized carbons (Fsp3) is 1.00. The number of halogens is 3. The van der Waals surface area contributed by atoms with Gasteiger partial charge in [-0.3, -0.25) is 0 Å². The highest BCUT2D eigenvalue weighted by Gasteiger charge is 2.04. The van der Waals surface area contributed by atoms with Gasteiger partial charge in [0.2, 0.25) is 0 Å². The minimum Gasteiger partial charge on any atom is -0.301 e. The monoisotopic (exact) mass is 409 g/mol. The van der Waals surface area contributed by atoms with Crippen molar-refractivity contribution >= 4 is 67.8 Å². The van der Waals surface area contributed by atoms with E-state index in [9.17, 15) is 0 Å². The summed E-state index contributed by atoms with van der Waals surface area (Å²) in [6.45, 7) is 0. The fourth-order valence-electron chi connectivity index (χ4n) is 0. The molecule has 0 saturated carbocycles. The van der Waals surface area contributed by atoms with Crippen molar-refractivity contribution < 1.29 is 0 Å². The Hall–Kier alpha value is 2.15. The molecule has 0 atom stereocenters. The Bertz CT molecular complexity index is 22.4. The Morgan fingerprint density at radius 1 is 1.20 bits per heavy atom. The molecule has 0 aliphatic heterocycles. The van der Waals surface area contributed by atoms with Gasteiger partial charge in [-0.05, 0) is 67.8 Å². The van der Waals surface area contributed by atoms with Crippen molar-refractivity contribution in [1.82, 2.24) is 0 Å². The van der Waals surface area contributed by atoms with Gasteiger partial charge >= 0.3 is 0 Å². The lowest BCUT2D eigenvalue weighted by atomic mass is 11.6. The maximum Gasteiger partial charge on any atom is 0.171 e. The molecule has 5 heavy (non-hydrogen) atoms. The maximum absolute atomic E-state index is 5.31. The van der Waals surface area contributed by atoms with Crippen LogP contribution in [0.5, 0.6) is 0 Å².